The summed E-state index contributed by atoms with van der Waals surface area (Å²) in [6, 6.07) is 4.00. The van der Waals surface area contributed by atoms with Crippen LogP contribution in [0.15, 0.2) is 12.1 Å². The molecular formula is C14H22N4O. The van der Waals surface area contributed by atoms with E-state index in [1.165, 1.54) is 0 Å². The Morgan fingerprint density at radius 1 is 1.26 bits per heavy atom. The van der Waals surface area contributed by atoms with Gasteiger partial charge in [-0.1, -0.05) is 13.8 Å². The van der Waals surface area contributed by atoms with Crippen LogP contribution in [0.2, 0.25) is 0 Å². The van der Waals surface area contributed by atoms with Crippen molar-refractivity contribution in [3.8, 4) is 0 Å². The summed E-state index contributed by atoms with van der Waals surface area (Å²) in [5.74, 6) is 0.741. The van der Waals surface area contributed by atoms with Crippen LogP contribution in [0.5, 0.6) is 0 Å². The number of nitrogens with zero attached hydrogens (tertiary/aromatic N) is 3. The molecule has 0 aromatic carbocycles. The quantitative estimate of drug-likeness (QED) is 0.816. The Labute approximate surface area is 114 Å². The lowest BCUT2D eigenvalue weighted by atomic mass is 10.3. The summed E-state index contributed by atoms with van der Waals surface area (Å²) in [4.78, 5) is 14.0. The first-order chi connectivity index (χ1) is 9.24. The van der Waals surface area contributed by atoms with Crippen LogP contribution in [0.1, 0.15) is 50.0 Å². The van der Waals surface area contributed by atoms with Crippen molar-refractivity contribution in [3.63, 3.8) is 0 Å². The fourth-order valence-corrected chi connectivity index (χ4v) is 1.98. The van der Waals surface area contributed by atoms with Crippen LogP contribution in [0.4, 0.5) is 5.82 Å². The van der Waals surface area contributed by atoms with Crippen LogP contribution in [-0.2, 0) is 0 Å². The van der Waals surface area contributed by atoms with Crippen molar-refractivity contribution in [1.29, 1.82) is 0 Å². The number of aromatic nitrogens is 2. The molecule has 0 aliphatic heterocycles. The van der Waals surface area contributed by atoms with Gasteiger partial charge in [-0.3, -0.25) is 4.79 Å². The van der Waals surface area contributed by atoms with Gasteiger partial charge in [0.05, 0.1) is 0 Å². The minimum Gasteiger partial charge on any atom is -0.355 e. The Kier molecular flexibility index (Phi) is 4.71. The van der Waals surface area contributed by atoms with Gasteiger partial charge in [0.2, 0.25) is 0 Å². The van der Waals surface area contributed by atoms with Crippen LogP contribution >= 0.6 is 0 Å². The minimum absolute atomic E-state index is 0.112. The summed E-state index contributed by atoms with van der Waals surface area (Å²) in [6.45, 7) is 6.23. The molecule has 1 amide bonds. The summed E-state index contributed by atoms with van der Waals surface area (Å²) in [6.07, 6.45) is 4.31. The molecule has 0 atom stereocenters. The number of anilines is 1. The van der Waals surface area contributed by atoms with E-state index in [-0.39, 0.29) is 5.91 Å². The van der Waals surface area contributed by atoms with E-state index >= 15 is 0 Å². The van der Waals surface area contributed by atoms with Gasteiger partial charge in [-0.05, 0) is 37.8 Å². The molecule has 0 saturated heterocycles. The average Bonchev–Trinajstić information content (AvgIpc) is 3.23. The van der Waals surface area contributed by atoms with E-state index in [1.54, 1.807) is 6.07 Å². The molecule has 5 nitrogen and oxygen atoms in total. The number of amides is 1. The van der Waals surface area contributed by atoms with Gasteiger partial charge < -0.3 is 10.2 Å². The number of rotatable bonds is 7. The molecule has 0 unspecified atom stereocenters. The third-order valence-corrected chi connectivity index (χ3v) is 3.11. The Morgan fingerprint density at radius 2 is 1.95 bits per heavy atom. The highest BCUT2D eigenvalue weighted by Gasteiger charge is 2.24. The first kappa shape index (κ1) is 13.8. The molecule has 1 N–H and O–H groups in total. The fraction of sp³-hybridized carbons (Fsp3) is 0.643. The van der Waals surface area contributed by atoms with Gasteiger partial charge in [-0.25, -0.2) is 0 Å². The lowest BCUT2D eigenvalue weighted by Gasteiger charge is -2.21. The Hall–Kier alpha value is -1.65. The standard InChI is InChI=1S/C14H22N4O/c1-3-9-18(10-4-2)13-8-7-12(16-17-13)14(19)15-11-5-6-11/h7-8,11H,3-6,9-10H2,1-2H3,(H,15,19). The summed E-state index contributed by atoms with van der Waals surface area (Å²) in [5, 5.41) is 11.1. The number of carbonyl (C=O) groups excluding carboxylic acids is 1. The molecule has 1 fully saturated rings. The molecule has 1 aliphatic carbocycles. The molecule has 104 valence electrons. The SMILES string of the molecule is CCCN(CCC)c1ccc(C(=O)NC2CC2)nn1. The first-order valence-corrected chi connectivity index (χ1v) is 7.14. The van der Waals surface area contributed by atoms with Crippen molar-refractivity contribution < 1.29 is 4.79 Å². The molecule has 19 heavy (non-hydrogen) atoms. The maximum absolute atomic E-state index is 11.8. The summed E-state index contributed by atoms with van der Waals surface area (Å²) in [5.41, 5.74) is 0.406. The second-order valence-corrected chi connectivity index (χ2v) is 5.01. The summed E-state index contributed by atoms with van der Waals surface area (Å²) < 4.78 is 0. The number of carbonyl (C=O) groups is 1. The number of hydrogen-bond donors (Lipinski definition) is 1. The third kappa shape index (κ3) is 3.91. The largest absolute Gasteiger partial charge is 0.355 e. The Morgan fingerprint density at radius 3 is 2.42 bits per heavy atom. The zero-order valence-corrected chi connectivity index (χ0v) is 11.7. The molecule has 0 bridgehead atoms. The smallest absolute Gasteiger partial charge is 0.272 e. The lowest BCUT2D eigenvalue weighted by Crippen LogP contribution is -2.28. The maximum Gasteiger partial charge on any atom is 0.272 e. The first-order valence-electron chi connectivity index (χ1n) is 7.14. The molecule has 5 heteroatoms. The number of nitrogens with one attached hydrogen (secondary N) is 1. The second kappa shape index (κ2) is 6.50. The predicted molar refractivity (Wildman–Crippen MR) is 75.3 cm³/mol. The van der Waals surface area contributed by atoms with Crippen molar-refractivity contribution in [3.05, 3.63) is 17.8 Å². The topological polar surface area (TPSA) is 58.1 Å². The van der Waals surface area contributed by atoms with Crippen molar-refractivity contribution in [2.75, 3.05) is 18.0 Å². The van der Waals surface area contributed by atoms with Crippen LogP contribution < -0.4 is 10.2 Å². The molecule has 0 spiro atoms. The monoisotopic (exact) mass is 262 g/mol. The van der Waals surface area contributed by atoms with Crippen LogP contribution in [0.25, 0.3) is 0 Å². The zero-order chi connectivity index (χ0) is 13.7. The van der Waals surface area contributed by atoms with E-state index in [2.05, 4.69) is 34.3 Å². The fourth-order valence-electron chi connectivity index (χ4n) is 1.98. The van der Waals surface area contributed by atoms with Crippen molar-refractivity contribution in [1.82, 2.24) is 15.5 Å². The molecule has 1 aliphatic rings. The number of hydrogen-bond acceptors (Lipinski definition) is 4. The van der Waals surface area contributed by atoms with Crippen molar-refractivity contribution in [2.45, 2.75) is 45.6 Å². The van der Waals surface area contributed by atoms with Crippen molar-refractivity contribution >= 4 is 11.7 Å². The highest BCUT2D eigenvalue weighted by atomic mass is 16.2. The molecule has 1 saturated carbocycles. The highest BCUT2D eigenvalue weighted by molar-refractivity contribution is 5.92. The van der Waals surface area contributed by atoms with Gasteiger partial charge in [-0.15, -0.1) is 10.2 Å². The molecule has 1 aromatic heterocycles. The average molecular weight is 262 g/mol. The Balaban J connectivity index is 2.00. The van der Waals surface area contributed by atoms with E-state index in [0.29, 0.717) is 11.7 Å². The highest BCUT2D eigenvalue weighted by Crippen LogP contribution is 2.19. The van der Waals surface area contributed by atoms with Crippen molar-refractivity contribution in [2.24, 2.45) is 0 Å². The lowest BCUT2D eigenvalue weighted by molar-refractivity contribution is 0.0945. The van der Waals surface area contributed by atoms with Gasteiger partial charge in [0.25, 0.3) is 5.91 Å². The van der Waals surface area contributed by atoms with E-state index in [0.717, 1.165) is 44.6 Å². The van der Waals surface area contributed by atoms with Gasteiger partial charge in [0, 0.05) is 19.1 Å². The molecule has 1 aromatic rings. The van der Waals surface area contributed by atoms with Gasteiger partial charge >= 0.3 is 0 Å². The van der Waals surface area contributed by atoms with Gasteiger partial charge in [0.1, 0.15) is 0 Å². The zero-order valence-electron chi connectivity index (χ0n) is 11.7. The van der Waals surface area contributed by atoms with Gasteiger partial charge in [-0.2, -0.15) is 0 Å². The summed E-state index contributed by atoms with van der Waals surface area (Å²) >= 11 is 0. The van der Waals surface area contributed by atoms with E-state index in [9.17, 15) is 4.79 Å². The minimum atomic E-state index is -0.112. The molecular weight excluding hydrogens is 240 g/mol. The van der Waals surface area contributed by atoms with E-state index in [1.807, 2.05) is 6.07 Å². The van der Waals surface area contributed by atoms with Gasteiger partial charge in [0.15, 0.2) is 11.5 Å². The Bertz CT molecular complexity index is 408. The maximum atomic E-state index is 11.8. The summed E-state index contributed by atoms with van der Waals surface area (Å²) in [7, 11) is 0. The van der Waals surface area contributed by atoms with E-state index < -0.39 is 0 Å². The van der Waals surface area contributed by atoms with Crippen LogP contribution in [-0.4, -0.2) is 35.2 Å². The normalized spacial score (nSPS) is 14.2. The third-order valence-electron chi connectivity index (χ3n) is 3.11. The second-order valence-electron chi connectivity index (χ2n) is 5.01. The van der Waals surface area contributed by atoms with E-state index in [4.69, 9.17) is 0 Å². The molecule has 0 radical (unpaired) electrons. The van der Waals surface area contributed by atoms with Crippen LogP contribution in [0, 0.1) is 0 Å². The molecule has 2 rings (SSSR count). The predicted octanol–water partition coefficient (Wildman–Crippen LogP) is 2.00. The van der Waals surface area contributed by atoms with Crippen LogP contribution in [0.3, 0.4) is 0 Å². The molecule has 1 heterocycles.